The van der Waals surface area contributed by atoms with E-state index in [2.05, 4.69) is 0 Å². The third-order valence-electron chi connectivity index (χ3n) is 4.12. The summed E-state index contributed by atoms with van der Waals surface area (Å²) in [5, 5.41) is 8.93. The first-order valence-corrected chi connectivity index (χ1v) is 7.26. The Labute approximate surface area is 128 Å². The third-order valence-corrected chi connectivity index (χ3v) is 4.12. The van der Waals surface area contributed by atoms with Crippen LogP contribution in [0.2, 0.25) is 0 Å². The molecule has 5 nitrogen and oxygen atoms in total. The van der Waals surface area contributed by atoms with Gasteiger partial charge in [0.05, 0.1) is 11.6 Å². The van der Waals surface area contributed by atoms with Gasteiger partial charge < -0.3 is 14.4 Å². The smallest absolute Gasteiger partial charge is 0.338 e. The molecule has 1 amide bonds. The zero-order valence-corrected chi connectivity index (χ0v) is 12.3. The van der Waals surface area contributed by atoms with Gasteiger partial charge in [0.15, 0.2) is 5.76 Å². The van der Waals surface area contributed by atoms with E-state index in [0.717, 1.165) is 30.2 Å². The summed E-state index contributed by atoms with van der Waals surface area (Å²) >= 11 is 0. The molecule has 1 N–H and O–H groups in total. The minimum Gasteiger partial charge on any atom is -0.478 e. The van der Waals surface area contributed by atoms with Gasteiger partial charge in [0.1, 0.15) is 6.26 Å². The minimum atomic E-state index is -1.10. The SMILES string of the molecule is Cc1ccccc1C1CCCN1C(=O)c1cc(C(=O)O)co1. The van der Waals surface area contributed by atoms with Crippen LogP contribution in [0.25, 0.3) is 0 Å². The largest absolute Gasteiger partial charge is 0.478 e. The number of likely N-dealkylation sites (tertiary alicyclic amines) is 1. The Balaban J connectivity index is 1.88. The molecule has 22 heavy (non-hydrogen) atoms. The molecule has 0 bridgehead atoms. The van der Waals surface area contributed by atoms with Gasteiger partial charge in [-0.15, -0.1) is 0 Å². The van der Waals surface area contributed by atoms with Gasteiger partial charge in [-0.25, -0.2) is 4.79 Å². The molecular formula is C17H17NO4. The maximum absolute atomic E-state index is 12.6. The van der Waals surface area contributed by atoms with Gasteiger partial charge in [-0.3, -0.25) is 4.79 Å². The van der Waals surface area contributed by atoms with Crippen molar-refractivity contribution in [2.24, 2.45) is 0 Å². The van der Waals surface area contributed by atoms with E-state index in [0.29, 0.717) is 6.54 Å². The first-order chi connectivity index (χ1) is 10.6. The summed E-state index contributed by atoms with van der Waals surface area (Å²) in [5.74, 6) is -1.27. The van der Waals surface area contributed by atoms with Crippen molar-refractivity contribution in [1.29, 1.82) is 0 Å². The Kier molecular flexibility index (Phi) is 3.71. The number of carbonyl (C=O) groups is 2. The van der Waals surface area contributed by atoms with Crippen LogP contribution in [-0.2, 0) is 0 Å². The summed E-state index contributed by atoms with van der Waals surface area (Å²) in [4.78, 5) is 25.3. The molecule has 1 fully saturated rings. The lowest BCUT2D eigenvalue weighted by Crippen LogP contribution is -2.30. The summed E-state index contributed by atoms with van der Waals surface area (Å²) < 4.78 is 5.14. The molecule has 2 heterocycles. The van der Waals surface area contributed by atoms with Crippen molar-refractivity contribution in [3.8, 4) is 0 Å². The fourth-order valence-electron chi connectivity index (χ4n) is 3.00. The Morgan fingerprint density at radius 3 is 2.77 bits per heavy atom. The Bertz CT molecular complexity index is 719. The van der Waals surface area contributed by atoms with E-state index in [1.807, 2.05) is 31.2 Å². The van der Waals surface area contributed by atoms with Gasteiger partial charge in [-0.05, 0) is 30.9 Å². The van der Waals surface area contributed by atoms with Crippen LogP contribution in [0.1, 0.15) is 50.9 Å². The zero-order chi connectivity index (χ0) is 15.7. The van der Waals surface area contributed by atoms with Gasteiger partial charge in [0.25, 0.3) is 5.91 Å². The molecule has 114 valence electrons. The van der Waals surface area contributed by atoms with Crippen LogP contribution in [0, 0.1) is 6.92 Å². The standard InChI is InChI=1S/C17H17NO4/c1-11-5-2-3-6-13(11)14-7-4-8-18(14)16(19)15-9-12(10-22-15)17(20)21/h2-3,5-6,9-10,14H,4,7-8H2,1H3,(H,20,21). The van der Waals surface area contributed by atoms with Crippen LogP contribution in [0.4, 0.5) is 0 Å². The predicted molar refractivity (Wildman–Crippen MR) is 79.9 cm³/mol. The van der Waals surface area contributed by atoms with E-state index < -0.39 is 5.97 Å². The molecule has 3 rings (SSSR count). The molecule has 1 atom stereocenters. The van der Waals surface area contributed by atoms with E-state index in [1.54, 1.807) is 4.90 Å². The first kappa shape index (κ1) is 14.4. The molecule has 1 unspecified atom stereocenters. The number of aromatic carboxylic acids is 1. The average molecular weight is 299 g/mol. The highest BCUT2D eigenvalue weighted by molar-refractivity contribution is 5.95. The number of rotatable bonds is 3. The van der Waals surface area contributed by atoms with Crippen molar-refractivity contribution in [2.75, 3.05) is 6.54 Å². The van der Waals surface area contributed by atoms with E-state index >= 15 is 0 Å². The highest BCUT2D eigenvalue weighted by atomic mass is 16.4. The highest BCUT2D eigenvalue weighted by Crippen LogP contribution is 2.34. The topological polar surface area (TPSA) is 70.8 Å². The fraction of sp³-hybridized carbons (Fsp3) is 0.294. The highest BCUT2D eigenvalue weighted by Gasteiger charge is 2.33. The van der Waals surface area contributed by atoms with Gasteiger partial charge in [-0.2, -0.15) is 0 Å². The number of nitrogens with zero attached hydrogens (tertiary/aromatic N) is 1. The molecule has 2 aromatic rings. The number of hydrogen-bond donors (Lipinski definition) is 1. The van der Waals surface area contributed by atoms with Gasteiger partial charge in [0, 0.05) is 12.6 Å². The van der Waals surface area contributed by atoms with E-state index in [9.17, 15) is 9.59 Å². The summed E-state index contributed by atoms with van der Waals surface area (Å²) in [7, 11) is 0. The van der Waals surface area contributed by atoms with Gasteiger partial charge >= 0.3 is 5.97 Å². The van der Waals surface area contributed by atoms with Crippen LogP contribution in [0.15, 0.2) is 41.0 Å². The Morgan fingerprint density at radius 1 is 1.32 bits per heavy atom. The van der Waals surface area contributed by atoms with E-state index in [1.165, 1.54) is 6.07 Å². The predicted octanol–water partition coefficient (Wildman–Crippen LogP) is 3.26. The van der Waals surface area contributed by atoms with E-state index in [4.69, 9.17) is 9.52 Å². The summed E-state index contributed by atoms with van der Waals surface area (Å²) in [6.45, 7) is 2.69. The van der Waals surface area contributed by atoms with Crippen molar-refractivity contribution in [3.05, 3.63) is 59.0 Å². The lowest BCUT2D eigenvalue weighted by Gasteiger charge is -2.25. The first-order valence-electron chi connectivity index (χ1n) is 7.26. The second-order valence-electron chi connectivity index (χ2n) is 5.52. The number of amides is 1. The van der Waals surface area contributed by atoms with Crippen molar-refractivity contribution >= 4 is 11.9 Å². The Morgan fingerprint density at radius 2 is 2.09 bits per heavy atom. The van der Waals surface area contributed by atoms with Crippen LogP contribution in [0.3, 0.4) is 0 Å². The second-order valence-corrected chi connectivity index (χ2v) is 5.52. The maximum Gasteiger partial charge on any atom is 0.338 e. The monoisotopic (exact) mass is 299 g/mol. The number of hydrogen-bond acceptors (Lipinski definition) is 3. The number of carboxylic acids is 1. The number of carboxylic acid groups (broad SMARTS) is 1. The van der Waals surface area contributed by atoms with Crippen molar-refractivity contribution in [3.63, 3.8) is 0 Å². The molecule has 1 aliphatic rings. The lowest BCUT2D eigenvalue weighted by atomic mass is 9.99. The van der Waals surface area contributed by atoms with Crippen LogP contribution in [-0.4, -0.2) is 28.4 Å². The molecule has 1 aromatic carbocycles. The van der Waals surface area contributed by atoms with Crippen LogP contribution < -0.4 is 0 Å². The van der Waals surface area contributed by atoms with Gasteiger partial charge in [0.2, 0.25) is 0 Å². The van der Waals surface area contributed by atoms with Crippen LogP contribution in [0.5, 0.6) is 0 Å². The van der Waals surface area contributed by atoms with E-state index in [-0.39, 0.29) is 23.3 Å². The molecular weight excluding hydrogens is 282 g/mol. The Hall–Kier alpha value is -2.56. The molecule has 0 saturated carbocycles. The summed E-state index contributed by atoms with van der Waals surface area (Å²) in [6, 6.07) is 9.33. The molecule has 5 heteroatoms. The quantitative estimate of drug-likeness (QED) is 0.944. The number of benzene rings is 1. The molecule has 1 saturated heterocycles. The van der Waals surface area contributed by atoms with Gasteiger partial charge in [-0.1, -0.05) is 24.3 Å². The number of furan rings is 1. The average Bonchev–Trinajstić information content (AvgIpc) is 3.16. The molecule has 0 aliphatic carbocycles. The van der Waals surface area contributed by atoms with Crippen molar-refractivity contribution in [2.45, 2.75) is 25.8 Å². The summed E-state index contributed by atoms with van der Waals surface area (Å²) in [6.07, 6.45) is 2.94. The minimum absolute atomic E-state index is 0.00464. The maximum atomic E-state index is 12.6. The molecule has 0 radical (unpaired) electrons. The molecule has 0 spiro atoms. The van der Waals surface area contributed by atoms with Crippen LogP contribution >= 0.6 is 0 Å². The molecule has 1 aromatic heterocycles. The van der Waals surface area contributed by atoms with Crippen molar-refractivity contribution < 1.29 is 19.1 Å². The zero-order valence-electron chi connectivity index (χ0n) is 12.3. The summed E-state index contributed by atoms with van der Waals surface area (Å²) in [5.41, 5.74) is 2.28. The fourth-order valence-corrected chi connectivity index (χ4v) is 3.00. The normalized spacial score (nSPS) is 17.7. The lowest BCUT2D eigenvalue weighted by molar-refractivity contribution is 0.0690. The molecule has 1 aliphatic heterocycles. The van der Waals surface area contributed by atoms with Crippen molar-refractivity contribution in [1.82, 2.24) is 4.90 Å². The number of carbonyl (C=O) groups excluding carboxylic acids is 1. The third kappa shape index (κ3) is 2.50. The second kappa shape index (κ2) is 5.67. The number of aryl methyl sites for hydroxylation is 1.